The highest BCUT2D eigenvalue weighted by Gasteiger charge is 2.21. The predicted octanol–water partition coefficient (Wildman–Crippen LogP) is 4.65. The third kappa shape index (κ3) is 4.53. The number of aryl methyl sites for hydroxylation is 2. The maximum Gasteiger partial charge on any atom is 0.358 e. The van der Waals surface area contributed by atoms with E-state index in [4.69, 9.17) is 4.28 Å². The molecule has 2 aromatic carbocycles. The molecule has 0 N–H and O–H groups in total. The van der Waals surface area contributed by atoms with Gasteiger partial charge in [-0.3, -0.25) is 4.28 Å². The van der Waals surface area contributed by atoms with Gasteiger partial charge >= 0.3 is 10.1 Å². The van der Waals surface area contributed by atoms with Gasteiger partial charge < -0.3 is 0 Å². The average Bonchev–Trinajstić information content (AvgIpc) is 3.15. The summed E-state index contributed by atoms with van der Waals surface area (Å²) in [6.07, 6.45) is 2.19. The quantitative estimate of drug-likeness (QED) is 0.530. The molecule has 0 fully saturated rings. The number of oxime groups is 1. The summed E-state index contributed by atoms with van der Waals surface area (Å²) in [5.41, 5.74) is 4.15. The first-order valence-electron chi connectivity index (χ1n) is 8.50. The Bertz CT molecular complexity index is 1120. The normalized spacial score (nSPS) is 16.8. The Labute approximate surface area is 169 Å². The Balaban J connectivity index is 1.87. The van der Waals surface area contributed by atoms with Gasteiger partial charge in [-0.2, -0.15) is 13.7 Å². The Kier molecular flexibility index (Phi) is 6.02. The van der Waals surface area contributed by atoms with Crippen LogP contribution in [0, 0.1) is 25.2 Å². The minimum Gasteiger partial charge on any atom is -0.264 e. The smallest absolute Gasteiger partial charge is 0.264 e. The monoisotopic (exact) mass is 410 g/mol. The molecule has 1 aliphatic rings. The van der Waals surface area contributed by atoms with Crippen molar-refractivity contribution in [2.45, 2.75) is 25.2 Å². The average molecular weight is 411 g/mol. The van der Waals surface area contributed by atoms with Gasteiger partial charge in [0.15, 0.2) is 0 Å². The highest BCUT2D eigenvalue weighted by atomic mass is 32.2. The molecule has 0 atom stereocenters. The number of hydrogen-bond donors (Lipinski definition) is 0. The summed E-state index contributed by atoms with van der Waals surface area (Å²) in [6.45, 7) is 3.85. The van der Waals surface area contributed by atoms with Gasteiger partial charge in [0.05, 0.1) is 6.07 Å². The fourth-order valence-electron chi connectivity index (χ4n) is 2.63. The van der Waals surface area contributed by atoms with Crippen molar-refractivity contribution in [1.29, 1.82) is 5.26 Å². The zero-order valence-corrected chi connectivity index (χ0v) is 17.0. The molecule has 0 amide bonds. The summed E-state index contributed by atoms with van der Waals surface area (Å²) in [7, 11) is -4.02. The third-order valence-corrected chi connectivity index (χ3v) is 6.17. The van der Waals surface area contributed by atoms with E-state index in [2.05, 4.69) is 11.2 Å². The van der Waals surface area contributed by atoms with Crippen LogP contribution >= 0.6 is 11.8 Å². The van der Waals surface area contributed by atoms with Gasteiger partial charge in [0.25, 0.3) is 0 Å². The molecule has 0 bridgehead atoms. The van der Waals surface area contributed by atoms with Crippen molar-refractivity contribution in [3.8, 4) is 6.07 Å². The Morgan fingerprint density at radius 1 is 1.14 bits per heavy atom. The number of nitriles is 1. The molecule has 5 nitrogen and oxygen atoms in total. The largest absolute Gasteiger partial charge is 0.358 e. The van der Waals surface area contributed by atoms with Gasteiger partial charge in [-0.05, 0) is 48.6 Å². The topological polar surface area (TPSA) is 79.5 Å². The van der Waals surface area contributed by atoms with E-state index >= 15 is 0 Å². The van der Waals surface area contributed by atoms with E-state index in [0.29, 0.717) is 22.6 Å². The summed E-state index contributed by atoms with van der Waals surface area (Å²) >= 11 is 1.22. The molecule has 1 heterocycles. The van der Waals surface area contributed by atoms with E-state index in [1.54, 1.807) is 23.6 Å². The SMILES string of the molecule is Cc1ccc(S(=O)(=O)ON=C2SC=CC2=C(C#N)Cc2ccccc2C)cc1. The fraction of sp³-hybridized carbons (Fsp3) is 0.143. The Morgan fingerprint density at radius 3 is 2.54 bits per heavy atom. The number of hydrogen-bond acceptors (Lipinski definition) is 6. The molecule has 28 heavy (non-hydrogen) atoms. The molecular formula is C21H18N2O3S2. The van der Waals surface area contributed by atoms with E-state index in [1.165, 1.54) is 23.9 Å². The maximum atomic E-state index is 12.3. The van der Waals surface area contributed by atoms with Gasteiger partial charge in [0.2, 0.25) is 0 Å². The van der Waals surface area contributed by atoms with Crippen LogP contribution in [0.25, 0.3) is 0 Å². The minimum absolute atomic E-state index is 0.0318. The summed E-state index contributed by atoms with van der Waals surface area (Å²) < 4.78 is 29.6. The van der Waals surface area contributed by atoms with Crippen LogP contribution in [-0.4, -0.2) is 13.5 Å². The van der Waals surface area contributed by atoms with Crippen molar-refractivity contribution < 1.29 is 12.7 Å². The van der Waals surface area contributed by atoms with Crippen molar-refractivity contribution in [2.24, 2.45) is 5.16 Å². The highest BCUT2D eigenvalue weighted by Crippen LogP contribution is 2.29. The van der Waals surface area contributed by atoms with Gasteiger partial charge in [0, 0.05) is 17.6 Å². The van der Waals surface area contributed by atoms with Crippen LogP contribution < -0.4 is 0 Å². The molecule has 0 saturated carbocycles. The molecular weight excluding hydrogens is 392 g/mol. The molecule has 2 aromatic rings. The van der Waals surface area contributed by atoms with Gasteiger partial charge in [-0.1, -0.05) is 58.9 Å². The van der Waals surface area contributed by atoms with Crippen LogP contribution in [-0.2, 0) is 20.8 Å². The lowest BCUT2D eigenvalue weighted by atomic mass is 9.98. The van der Waals surface area contributed by atoms with Crippen LogP contribution in [0.5, 0.6) is 0 Å². The fourth-order valence-corrected chi connectivity index (χ4v) is 4.13. The van der Waals surface area contributed by atoms with E-state index in [1.807, 2.05) is 38.1 Å². The zero-order valence-electron chi connectivity index (χ0n) is 15.4. The van der Waals surface area contributed by atoms with E-state index < -0.39 is 10.1 Å². The number of rotatable bonds is 5. The second-order valence-corrected chi connectivity index (χ2v) is 8.69. The first-order valence-corrected chi connectivity index (χ1v) is 10.8. The highest BCUT2D eigenvalue weighted by molar-refractivity contribution is 8.17. The summed E-state index contributed by atoms with van der Waals surface area (Å²) in [5, 5.41) is 15.6. The first kappa shape index (κ1) is 19.9. The van der Waals surface area contributed by atoms with Gasteiger partial charge in [-0.25, -0.2) is 0 Å². The number of allylic oxidation sites excluding steroid dienone is 2. The Morgan fingerprint density at radius 2 is 1.86 bits per heavy atom. The molecule has 0 unspecified atom stereocenters. The van der Waals surface area contributed by atoms with Crippen LogP contribution in [0.2, 0.25) is 0 Å². The molecule has 0 aromatic heterocycles. The van der Waals surface area contributed by atoms with E-state index in [-0.39, 0.29) is 4.90 Å². The molecule has 0 spiro atoms. The molecule has 0 radical (unpaired) electrons. The minimum atomic E-state index is -4.02. The molecule has 1 aliphatic heterocycles. The van der Waals surface area contributed by atoms with Crippen LogP contribution in [0.15, 0.2) is 81.2 Å². The van der Waals surface area contributed by atoms with E-state index in [9.17, 15) is 13.7 Å². The summed E-state index contributed by atoms with van der Waals surface area (Å²) in [6, 6.07) is 16.4. The molecule has 142 valence electrons. The van der Waals surface area contributed by atoms with Crippen molar-refractivity contribution in [3.05, 3.63) is 87.9 Å². The molecule has 7 heteroatoms. The second-order valence-electron chi connectivity index (χ2n) is 6.27. The molecule has 0 aliphatic carbocycles. The Hall–Kier alpha value is -2.82. The van der Waals surface area contributed by atoms with Gasteiger partial charge in [-0.15, -0.1) is 0 Å². The van der Waals surface area contributed by atoms with Crippen molar-refractivity contribution in [2.75, 3.05) is 0 Å². The predicted molar refractivity (Wildman–Crippen MR) is 111 cm³/mol. The molecule has 0 saturated heterocycles. The second kappa shape index (κ2) is 8.46. The zero-order chi connectivity index (χ0) is 20.1. The summed E-state index contributed by atoms with van der Waals surface area (Å²) in [4.78, 5) is 0.0318. The van der Waals surface area contributed by atoms with Crippen molar-refractivity contribution in [3.63, 3.8) is 0 Å². The molecule has 3 rings (SSSR count). The third-order valence-electron chi connectivity index (χ3n) is 4.26. The van der Waals surface area contributed by atoms with Crippen LogP contribution in [0.3, 0.4) is 0 Å². The lowest BCUT2D eigenvalue weighted by Gasteiger charge is -2.07. The van der Waals surface area contributed by atoms with E-state index in [0.717, 1.165) is 16.7 Å². The van der Waals surface area contributed by atoms with Crippen molar-refractivity contribution in [1.82, 2.24) is 0 Å². The van der Waals surface area contributed by atoms with Crippen LogP contribution in [0.1, 0.15) is 16.7 Å². The standard InChI is InChI=1S/C21H18N2O3S2/c1-15-7-9-19(10-8-15)28(24,25)26-23-21-20(11-12-27-21)18(14-22)13-17-6-4-3-5-16(17)2/h3-12H,13H2,1-2H3. The number of benzene rings is 2. The maximum absolute atomic E-state index is 12.3. The van der Waals surface area contributed by atoms with Crippen LogP contribution in [0.4, 0.5) is 0 Å². The lowest BCUT2D eigenvalue weighted by Crippen LogP contribution is -2.06. The number of thioether (sulfide) groups is 1. The van der Waals surface area contributed by atoms with Crippen molar-refractivity contribution >= 4 is 26.9 Å². The number of nitrogens with zero attached hydrogens (tertiary/aromatic N) is 2. The van der Waals surface area contributed by atoms with Gasteiger partial charge in [0.1, 0.15) is 9.94 Å². The first-order chi connectivity index (χ1) is 13.4. The lowest BCUT2D eigenvalue weighted by molar-refractivity contribution is 0.340. The summed E-state index contributed by atoms with van der Waals surface area (Å²) in [5.74, 6) is 0.